The van der Waals surface area contributed by atoms with Gasteiger partial charge in [0.2, 0.25) is 0 Å². The van der Waals surface area contributed by atoms with Crippen LogP contribution in [0.4, 0.5) is 0 Å². The molecule has 0 aliphatic heterocycles. The second-order valence-corrected chi connectivity index (χ2v) is 1.77. The number of nitrogens with one attached hydrogen (secondary N) is 1. The largest absolute Gasteiger partial charge is 0.758 e. The molecule has 0 fully saturated rings. The Morgan fingerprint density at radius 3 is 2.00 bits per heavy atom. The van der Waals surface area contributed by atoms with Crippen molar-refractivity contribution >= 4 is 11.3 Å². The van der Waals surface area contributed by atoms with E-state index in [9.17, 15) is 0 Å². The summed E-state index contributed by atoms with van der Waals surface area (Å²) in [5.41, 5.74) is 0. The van der Waals surface area contributed by atoms with Crippen LogP contribution in [0.1, 0.15) is 0 Å². The summed E-state index contributed by atoms with van der Waals surface area (Å²) in [5.74, 6) is 0. The van der Waals surface area contributed by atoms with E-state index >= 15 is 0 Å². The molecule has 1 rings (SSSR count). The zero-order valence-electron chi connectivity index (χ0n) is 4.89. The molecule has 0 amide bonds. The van der Waals surface area contributed by atoms with Crippen molar-refractivity contribution < 1.29 is 18.4 Å². The lowest BCUT2D eigenvalue weighted by molar-refractivity contribution is 0.237. The molecule has 1 aromatic heterocycles. The Labute approximate surface area is 60.0 Å². The SMILES string of the molecule is O=S([O-])NO.c1ccoc1. The first-order valence-electron chi connectivity index (χ1n) is 2.23. The van der Waals surface area contributed by atoms with Crippen LogP contribution >= 0.6 is 0 Å². The first kappa shape index (κ1) is 9.31. The molecule has 5 nitrogen and oxygen atoms in total. The minimum Gasteiger partial charge on any atom is -0.758 e. The lowest BCUT2D eigenvalue weighted by Gasteiger charge is -1.94. The first-order valence-corrected chi connectivity index (χ1v) is 3.31. The van der Waals surface area contributed by atoms with Crippen molar-refractivity contribution in [3.05, 3.63) is 24.7 Å². The van der Waals surface area contributed by atoms with Crippen molar-refractivity contribution in [2.24, 2.45) is 0 Å². The summed E-state index contributed by atoms with van der Waals surface area (Å²) in [5, 5.41) is 7.28. The highest BCUT2D eigenvalue weighted by Crippen LogP contribution is 1.79. The van der Waals surface area contributed by atoms with Gasteiger partial charge in [-0.05, 0) is 12.1 Å². The van der Waals surface area contributed by atoms with Crippen molar-refractivity contribution in [3.63, 3.8) is 0 Å². The van der Waals surface area contributed by atoms with Gasteiger partial charge in [0.15, 0.2) is 0 Å². The molecule has 10 heavy (non-hydrogen) atoms. The van der Waals surface area contributed by atoms with Gasteiger partial charge in [-0.1, -0.05) is 0 Å². The summed E-state index contributed by atoms with van der Waals surface area (Å²) in [4.78, 5) is 0.944. The van der Waals surface area contributed by atoms with Gasteiger partial charge in [0.25, 0.3) is 0 Å². The standard InChI is InChI=1S/C4H4O.H3NO3S/c1-2-4-5-3-1;2-1-5(3)4/h1-4H;1-2H,(H,3,4)/p-1. The summed E-state index contributed by atoms with van der Waals surface area (Å²) in [7, 11) is 0. The molecule has 1 heterocycles. The molecule has 0 saturated carbocycles. The fourth-order valence-corrected chi connectivity index (χ4v) is 0.227. The van der Waals surface area contributed by atoms with E-state index < -0.39 is 11.3 Å². The molecule has 0 bridgehead atoms. The Morgan fingerprint density at radius 1 is 1.50 bits per heavy atom. The van der Waals surface area contributed by atoms with Gasteiger partial charge < -0.3 is 14.2 Å². The molecule has 0 aliphatic rings. The molecule has 1 atom stereocenters. The Morgan fingerprint density at radius 2 is 1.90 bits per heavy atom. The zero-order valence-corrected chi connectivity index (χ0v) is 5.71. The predicted octanol–water partition coefficient (Wildman–Crippen LogP) is 0.0389. The van der Waals surface area contributed by atoms with Gasteiger partial charge in [-0.2, -0.15) is 0 Å². The quantitative estimate of drug-likeness (QED) is 0.453. The third-order valence-corrected chi connectivity index (χ3v) is 0.649. The molecular formula is C4H6NO4S-. The average Bonchev–Trinajstić information content (AvgIpc) is 2.43. The van der Waals surface area contributed by atoms with Crippen LogP contribution in [-0.2, 0) is 11.3 Å². The minimum absolute atomic E-state index is 0.944. The molecule has 0 radical (unpaired) electrons. The maximum absolute atomic E-state index is 9.01. The van der Waals surface area contributed by atoms with E-state index in [2.05, 4.69) is 4.42 Å². The van der Waals surface area contributed by atoms with E-state index in [4.69, 9.17) is 14.0 Å². The van der Waals surface area contributed by atoms with Gasteiger partial charge in [0.05, 0.1) is 12.5 Å². The summed E-state index contributed by atoms with van der Waals surface area (Å²) < 4.78 is 22.6. The molecule has 1 unspecified atom stereocenters. The van der Waals surface area contributed by atoms with Crippen LogP contribution in [0.15, 0.2) is 29.1 Å². The smallest absolute Gasteiger partial charge is 0.0902 e. The van der Waals surface area contributed by atoms with E-state index in [-0.39, 0.29) is 0 Å². The average molecular weight is 164 g/mol. The number of hydrogen-bond acceptors (Lipinski definition) is 4. The highest BCUT2D eigenvalue weighted by molar-refractivity contribution is 7.76. The van der Waals surface area contributed by atoms with Crippen LogP contribution in [0, 0.1) is 0 Å². The molecule has 0 saturated heterocycles. The Bertz CT molecular complexity index is 147. The number of hydrogen-bond donors (Lipinski definition) is 2. The van der Waals surface area contributed by atoms with Crippen LogP contribution in [0.25, 0.3) is 0 Å². The summed E-state index contributed by atoms with van der Waals surface area (Å²) in [6, 6.07) is 3.67. The van der Waals surface area contributed by atoms with Crippen LogP contribution in [0.3, 0.4) is 0 Å². The molecule has 2 N–H and O–H groups in total. The maximum Gasteiger partial charge on any atom is 0.0902 e. The number of rotatable bonds is 1. The van der Waals surface area contributed by atoms with Crippen molar-refractivity contribution in [2.75, 3.05) is 0 Å². The summed E-state index contributed by atoms with van der Waals surface area (Å²) >= 11 is -2.52. The molecule has 0 aliphatic carbocycles. The predicted molar refractivity (Wildman–Crippen MR) is 32.6 cm³/mol. The fraction of sp³-hybridized carbons (Fsp3) is 0. The Hall–Kier alpha value is -0.690. The molecular weight excluding hydrogens is 158 g/mol. The normalized spacial score (nSPS) is 11.4. The van der Waals surface area contributed by atoms with Crippen LogP contribution < -0.4 is 4.89 Å². The van der Waals surface area contributed by atoms with Crippen molar-refractivity contribution in [1.82, 2.24) is 4.89 Å². The third-order valence-electron chi connectivity index (χ3n) is 0.500. The molecule has 58 valence electrons. The van der Waals surface area contributed by atoms with Crippen LogP contribution in [0.2, 0.25) is 0 Å². The Kier molecular flexibility index (Phi) is 5.99. The van der Waals surface area contributed by atoms with Crippen molar-refractivity contribution in [3.8, 4) is 0 Å². The third kappa shape index (κ3) is 7.31. The van der Waals surface area contributed by atoms with Crippen LogP contribution in [-0.4, -0.2) is 14.0 Å². The lowest BCUT2D eigenvalue weighted by atomic mass is 10.7. The Balaban J connectivity index is 0.000000162. The van der Waals surface area contributed by atoms with Crippen molar-refractivity contribution in [1.29, 1.82) is 0 Å². The van der Waals surface area contributed by atoms with Crippen molar-refractivity contribution in [2.45, 2.75) is 0 Å². The van der Waals surface area contributed by atoms with E-state index in [1.165, 1.54) is 0 Å². The van der Waals surface area contributed by atoms with Gasteiger partial charge in [0.1, 0.15) is 0 Å². The lowest BCUT2D eigenvalue weighted by Crippen LogP contribution is -2.08. The molecule has 0 aromatic carbocycles. The summed E-state index contributed by atoms with van der Waals surface area (Å²) in [6.07, 6.45) is 3.25. The van der Waals surface area contributed by atoms with Gasteiger partial charge in [-0.3, -0.25) is 4.21 Å². The van der Waals surface area contributed by atoms with E-state index in [1.54, 1.807) is 12.5 Å². The van der Waals surface area contributed by atoms with E-state index in [0.29, 0.717) is 0 Å². The first-order chi connectivity index (χ1) is 4.77. The van der Waals surface area contributed by atoms with Crippen LogP contribution in [0.5, 0.6) is 0 Å². The fourth-order valence-electron chi connectivity index (χ4n) is 0.227. The van der Waals surface area contributed by atoms with Gasteiger partial charge >= 0.3 is 0 Å². The number of furan rings is 1. The topological polar surface area (TPSA) is 85.5 Å². The van der Waals surface area contributed by atoms with Gasteiger partial charge in [0, 0.05) is 11.3 Å². The van der Waals surface area contributed by atoms with E-state index in [1.807, 2.05) is 12.1 Å². The molecule has 6 heteroatoms. The molecule has 1 aromatic rings. The van der Waals surface area contributed by atoms with E-state index in [0.717, 1.165) is 4.89 Å². The highest BCUT2D eigenvalue weighted by atomic mass is 32.2. The maximum atomic E-state index is 9.01. The second kappa shape index (κ2) is 6.43. The second-order valence-electron chi connectivity index (χ2n) is 1.12. The molecule has 0 spiro atoms. The minimum atomic E-state index is -2.52. The van der Waals surface area contributed by atoms with Gasteiger partial charge in [-0.25, -0.2) is 0 Å². The zero-order chi connectivity index (χ0) is 7.82. The summed E-state index contributed by atoms with van der Waals surface area (Å²) in [6.45, 7) is 0. The monoisotopic (exact) mass is 164 g/mol. The highest BCUT2D eigenvalue weighted by Gasteiger charge is 1.59. The van der Waals surface area contributed by atoms with Gasteiger partial charge in [-0.15, -0.1) is 4.89 Å².